The Morgan fingerprint density at radius 2 is 2.14 bits per heavy atom. The molecular weight excluding hydrogens is 298 g/mol. The number of anilines is 1. The van der Waals surface area contributed by atoms with E-state index < -0.39 is 6.29 Å². The molecule has 1 aromatic rings. The zero-order valence-corrected chi connectivity index (χ0v) is 11.7. The third-order valence-electron chi connectivity index (χ3n) is 3.37. The Morgan fingerprint density at radius 1 is 1.32 bits per heavy atom. The number of alkyl halides is 2. The number of amides is 1. The number of halogens is 2. The molecule has 1 aromatic carbocycles. The molecule has 0 spiro atoms. The van der Waals surface area contributed by atoms with Crippen molar-refractivity contribution in [3.05, 3.63) is 18.2 Å². The second-order valence-corrected chi connectivity index (χ2v) is 5.14. The molecule has 0 bridgehead atoms. The highest BCUT2D eigenvalue weighted by molar-refractivity contribution is 5.92. The van der Waals surface area contributed by atoms with Gasteiger partial charge in [-0.25, -0.2) is 0 Å². The summed E-state index contributed by atoms with van der Waals surface area (Å²) < 4.78 is 39.8. The average molecular weight is 314 g/mol. The topological polar surface area (TPSA) is 68.8 Å². The van der Waals surface area contributed by atoms with Crippen LogP contribution in [-0.2, 0) is 9.53 Å². The molecule has 6 nitrogen and oxygen atoms in total. The summed E-state index contributed by atoms with van der Waals surface area (Å²) in [6.07, 6.45) is -1.47. The van der Waals surface area contributed by atoms with Gasteiger partial charge in [-0.2, -0.15) is 0 Å². The standard InChI is InChI=1S/C14H16F2N2O4/c15-14(16)21-11-4-3-9(6-12(11)22-14)18-13(19)8-17-7-10-2-1-5-20-10/h3-4,6,10,17H,1-2,5,7-8H2,(H,18,19). The van der Waals surface area contributed by atoms with Crippen LogP contribution >= 0.6 is 0 Å². The Hall–Kier alpha value is -1.93. The van der Waals surface area contributed by atoms with Crippen molar-refractivity contribution >= 4 is 11.6 Å². The summed E-state index contributed by atoms with van der Waals surface area (Å²) in [5, 5.41) is 5.60. The fourth-order valence-corrected chi connectivity index (χ4v) is 2.38. The molecule has 2 aliphatic heterocycles. The lowest BCUT2D eigenvalue weighted by molar-refractivity contribution is -0.286. The van der Waals surface area contributed by atoms with Gasteiger partial charge < -0.3 is 24.8 Å². The molecule has 1 atom stereocenters. The van der Waals surface area contributed by atoms with E-state index in [2.05, 4.69) is 20.1 Å². The van der Waals surface area contributed by atoms with Crippen LogP contribution in [0.2, 0.25) is 0 Å². The van der Waals surface area contributed by atoms with E-state index in [9.17, 15) is 13.6 Å². The molecule has 1 saturated heterocycles. The van der Waals surface area contributed by atoms with Gasteiger partial charge in [0.25, 0.3) is 0 Å². The van der Waals surface area contributed by atoms with Crippen LogP contribution in [0.15, 0.2) is 18.2 Å². The molecule has 1 fully saturated rings. The molecule has 0 aromatic heterocycles. The Kier molecular flexibility index (Phi) is 4.12. The van der Waals surface area contributed by atoms with E-state index in [0.717, 1.165) is 19.4 Å². The van der Waals surface area contributed by atoms with Gasteiger partial charge >= 0.3 is 6.29 Å². The molecule has 2 aliphatic rings. The van der Waals surface area contributed by atoms with Crippen LogP contribution in [-0.4, -0.2) is 38.0 Å². The lowest BCUT2D eigenvalue weighted by atomic mass is 10.2. The molecule has 0 radical (unpaired) electrons. The summed E-state index contributed by atoms with van der Waals surface area (Å²) in [6, 6.07) is 4.10. The fourth-order valence-electron chi connectivity index (χ4n) is 2.38. The third-order valence-corrected chi connectivity index (χ3v) is 3.37. The largest absolute Gasteiger partial charge is 0.586 e. The van der Waals surface area contributed by atoms with E-state index >= 15 is 0 Å². The summed E-state index contributed by atoms with van der Waals surface area (Å²) in [7, 11) is 0. The van der Waals surface area contributed by atoms with Crippen molar-refractivity contribution in [2.75, 3.05) is 25.0 Å². The van der Waals surface area contributed by atoms with E-state index in [1.807, 2.05) is 0 Å². The predicted octanol–water partition coefficient (Wildman–Crippen LogP) is 1.72. The highest BCUT2D eigenvalue weighted by atomic mass is 19.3. The molecule has 3 rings (SSSR count). The van der Waals surface area contributed by atoms with E-state index in [-0.39, 0.29) is 30.1 Å². The van der Waals surface area contributed by atoms with Gasteiger partial charge in [-0.3, -0.25) is 4.79 Å². The van der Waals surface area contributed by atoms with Gasteiger partial charge in [-0.05, 0) is 25.0 Å². The van der Waals surface area contributed by atoms with Crippen LogP contribution in [0.3, 0.4) is 0 Å². The highest BCUT2D eigenvalue weighted by Gasteiger charge is 2.43. The quantitative estimate of drug-likeness (QED) is 0.866. The van der Waals surface area contributed by atoms with Gasteiger partial charge in [0.2, 0.25) is 5.91 Å². The molecule has 8 heteroatoms. The zero-order valence-electron chi connectivity index (χ0n) is 11.7. The van der Waals surface area contributed by atoms with E-state index in [0.29, 0.717) is 12.2 Å². The number of benzene rings is 1. The number of hydrogen-bond donors (Lipinski definition) is 2. The zero-order chi connectivity index (χ0) is 15.6. The van der Waals surface area contributed by atoms with Crippen LogP contribution in [0.4, 0.5) is 14.5 Å². The first-order valence-electron chi connectivity index (χ1n) is 7.04. The average Bonchev–Trinajstić information content (AvgIpc) is 3.04. The van der Waals surface area contributed by atoms with Gasteiger partial charge in [0.05, 0.1) is 12.6 Å². The van der Waals surface area contributed by atoms with Crippen molar-refractivity contribution in [1.82, 2.24) is 5.32 Å². The Balaban J connectivity index is 1.48. The first kappa shape index (κ1) is 15.0. The van der Waals surface area contributed by atoms with Gasteiger partial charge in [-0.15, -0.1) is 8.78 Å². The minimum atomic E-state index is -3.66. The number of carbonyl (C=O) groups is 1. The van der Waals surface area contributed by atoms with E-state index in [4.69, 9.17) is 4.74 Å². The molecule has 1 amide bonds. The second-order valence-electron chi connectivity index (χ2n) is 5.14. The predicted molar refractivity (Wildman–Crippen MR) is 73.1 cm³/mol. The molecular formula is C14H16F2N2O4. The molecule has 120 valence electrons. The lowest BCUT2D eigenvalue weighted by Gasteiger charge is -2.11. The number of carbonyl (C=O) groups excluding carboxylic acids is 1. The normalized spacial score (nSPS) is 21.8. The summed E-state index contributed by atoms with van der Waals surface area (Å²) >= 11 is 0. The Morgan fingerprint density at radius 3 is 2.91 bits per heavy atom. The number of fused-ring (bicyclic) bond motifs is 1. The van der Waals surface area contributed by atoms with Crippen molar-refractivity contribution in [2.24, 2.45) is 0 Å². The number of hydrogen-bond acceptors (Lipinski definition) is 5. The van der Waals surface area contributed by atoms with Crippen LogP contribution in [0.25, 0.3) is 0 Å². The Labute approximate surface area is 125 Å². The van der Waals surface area contributed by atoms with E-state index in [1.54, 1.807) is 0 Å². The van der Waals surface area contributed by atoms with Gasteiger partial charge in [0.15, 0.2) is 11.5 Å². The third kappa shape index (κ3) is 3.63. The molecule has 2 N–H and O–H groups in total. The molecule has 0 aliphatic carbocycles. The van der Waals surface area contributed by atoms with Crippen LogP contribution < -0.4 is 20.1 Å². The Bertz CT molecular complexity index is 562. The minimum Gasteiger partial charge on any atom is -0.395 e. The van der Waals surface area contributed by atoms with Crippen LogP contribution in [0.5, 0.6) is 11.5 Å². The van der Waals surface area contributed by atoms with Crippen LogP contribution in [0.1, 0.15) is 12.8 Å². The molecule has 22 heavy (non-hydrogen) atoms. The maximum Gasteiger partial charge on any atom is 0.586 e. The van der Waals surface area contributed by atoms with Crippen molar-refractivity contribution < 1.29 is 27.8 Å². The summed E-state index contributed by atoms with van der Waals surface area (Å²) in [5.41, 5.74) is 0.365. The van der Waals surface area contributed by atoms with Crippen molar-refractivity contribution in [3.8, 4) is 11.5 Å². The minimum absolute atomic E-state index is 0.0560. The SMILES string of the molecule is O=C(CNCC1CCCO1)Nc1ccc2c(c1)OC(F)(F)O2. The van der Waals surface area contributed by atoms with Crippen LogP contribution in [0, 0.1) is 0 Å². The summed E-state index contributed by atoms with van der Waals surface area (Å²) in [4.78, 5) is 11.8. The second kappa shape index (κ2) is 6.05. The van der Waals surface area contributed by atoms with Gasteiger partial charge in [0.1, 0.15) is 0 Å². The first-order valence-corrected chi connectivity index (χ1v) is 7.04. The summed E-state index contributed by atoms with van der Waals surface area (Å²) in [5.74, 6) is -0.432. The van der Waals surface area contributed by atoms with Crippen molar-refractivity contribution in [3.63, 3.8) is 0 Å². The highest BCUT2D eigenvalue weighted by Crippen LogP contribution is 2.42. The van der Waals surface area contributed by atoms with Gasteiger partial charge in [0, 0.05) is 24.9 Å². The van der Waals surface area contributed by atoms with E-state index in [1.165, 1.54) is 18.2 Å². The smallest absolute Gasteiger partial charge is 0.395 e. The molecule has 1 unspecified atom stereocenters. The molecule has 2 heterocycles. The first-order chi connectivity index (χ1) is 10.5. The lowest BCUT2D eigenvalue weighted by Crippen LogP contribution is -2.33. The number of nitrogens with one attached hydrogen (secondary N) is 2. The maximum absolute atomic E-state index is 12.9. The monoisotopic (exact) mass is 314 g/mol. The van der Waals surface area contributed by atoms with Crippen molar-refractivity contribution in [2.45, 2.75) is 25.2 Å². The maximum atomic E-state index is 12.9. The fraction of sp³-hybridized carbons (Fsp3) is 0.500. The summed E-state index contributed by atoms with van der Waals surface area (Å²) in [6.45, 7) is 1.49. The molecule has 0 saturated carbocycles. The van der Waals surface area contributed by atoms with Crippen molar-refractivity contribution in [1.29, 1.82) is 0 Å². The number of rotatable bonds is 5. The van der Waals surface area contributed by atoms with Gasteiger partial charge in [-0.1, -0.05) is 0 Å². The number of ether oxygens (including phenoxy) is 3.